The van der Waals surface area contributed by atoms with E-state index in [0.29, 0.717) is 16.8 Å². The van der Waals surface area contributed by atoms with Gasteiger partial charge in [-0.2, -0.15) is 0 Å². The molecule has 0 unspecified atom stereocenters. The number of hydrogen-bond donors (Lipinski definition) is 1. The minimum atomic E-state index is -0.357. The first-order chi connectivity index (χ1) is 6.22. The molecule has 0 fully saturated rings. The van der Waals surface area contributed by atoms with Crippen molar-refractivity contribution >= 4 is 10.9 Å². The fourth-order valence-electron chi connectivity index (χ4n) is 1.36. The van der Waals surface area contributed by atoms with Gasteiger partial charge in [-0.3, -0.25) is 0 Å². The van der Waals surface area contributed by atoms with Crippen molar-refractivity contribution in [3.05, 3.63) is 23.8 Å². The van der Waals surface area contributed by atoms with E-state index in [1.807, 2.05) is 13.0 Å². The Labute approximate surface area is 74.6 Å². The summed E-state index contributed by atoms with van der Waals surface area (Å²) in [7, 11) is 1.52. The molecule has 4 heteroatoms. The Bertz CT molecular complexity index is 450. The van der Waals surface area contributed by atoms with Crippen LogP contribution >= 0.6 is 0 Å². The van der Waals surface area contributed by atoms with Gasteiger partial charge in [-0.15, -0.1) is 0 Å². The predicted octanol–water partition coefficient (Wildman–Crippen LogP) is 2.02. The summed E-state index contributed by atoms with van der Waals surface area (Å²) in [6, 6.07) is 1.81. The van der Waals surface area contributed by atoms with Crippen molar-refractivity contribution in [3.63, 3.8) is 0 Å². The van der Waals surface area contributed by atoms with Crippen LogP contribution in [0.3, 0.4) is 0 Å². The number of nitrogens with zero attached hydrogens (tertiary/aromatic N) is 1. The molecule has 0 saturated carbocycles. The zero-order valence-corrected chi connectivity index (χ0v) is 7.39. The molecule has 0 aliphatic heterocycles. The molecule has 13 heavy (non-hydrogen) atoms. The number of methoxy groups -OCH3 is 1. The number of aromatic nitrogens is 2. The molecule has 0 aliphatic carbocycles. The van der Waals surface area contributed by atoms with Gasteiger partial charge in [-0.05, 0) is 13.0 Å². The van der Waals surface area contributed by atoms with E-state index in [2.05, 4.69) is 9.97 Å². The molecule has 2 rings (SSSR count). The maximum Gasteiger partial charge on any atom is 0.222 e. The van der Waals surface area contributed by atoms with Gasteiger partial charge in [0.25, 0.3) is 0 Å². The lowest BCUT2D eigenvalue weighted by Crippen LogP contribution is -1.89. The third-order valence-electron chi connectivity index (χ3n) is 1.91. The summed E-state index contributed by atoms with van der Waals surface area (Å²) < 4.78 is 18.2. The van der Waals surface area contributed by atoms with Crippen LogP contribution in [-0.2, 0) is 0 Å². The zero-order chi connectivity index (χ0) is 9.42. The molecule has 68 valence electrons. The highest BCUT2D eigenvalue weighted by Crippen LogP contribution is 2.25. The van der Waals surface area contributed by atoms with Gasteiger partial charge in [0.1, 0.15) is 0 Å². The molecule has 3 nitrogen and oxygen atoms in total. The number of aryl methyl sites for hydroxylation is 1. The predicted molar refractivity (Wildman–Crippen MR) is 47.3 cm³/mol. The molecule has 0 aliphatic rings. The fourth-order valence-corrected chi connectivity index (χ4v) is 1.36. The highest BCUT2D eigenvalue weighted by molar-refractivity contribution is 5.85. The first-order valence-corrected chi connectivity index (χ1v) is 3.90. The van der Waals surface area contributed by atoms with E-state index in [0.717, 1.165) is 11.9 Å². The van der Waals surface area contributed by atoms with Crippen LogP contribution in [0.25, 0.3) is 10.9 Å². The molecular weight excluding hydrogens is 171 g/mol. The summed E-state index contributed by atoms with van der Waals surface area (Å²) in [5.41, 5.74) is 1.34. The van der Waals surface area contributed by atoms with E-state index < -0.39 is 0 Å². The maximum atomic E-state index is 13.2. The van der Waals surface area contributed by atoms with E-state index in [9.17, 15) is 4.39 Å². The normalized spacial score (nSPS) is 10.7. The van der Waals surface area contributed by atoms with Crippen LogP contribution in [-0.4, -0.2) is 17.1 Å². The van der Waals surface area contributed by atoms with E-state index in [-0.39, 0.29) is 5.82 Å². The van der Waals surface area contributed by atoms with Crippen molar-refractivity contribution in [1.82, 2.24) is 9.97 Å². The third kappa shape index (κ3) is 1.14. The van der Waals surface area contributed by atoms with Gasteiger partial charge >= 0.3 is 0 Å². The molecule has 0 spiro atoms. The van der Waals surface area contributed by atoms with Crippen molar-refractivity contribution in [1.29, 1.82) is 0 Å². The molecule has 0 atom stereocenters. The fraction of sp³-hybridized carbons (Fsp3) is 0.222. The van der Waals surface area contributed by atoms with Gasteiger partial charge in [0, 0.05) is 5.69 Å². The lowest BCUT2D eigenvalue weighted by atomic mass is 10.3. The molecule has 0 bridgehead atoms. The van der Waals surface area contributed by atoms with Gasteiger partial charge in [0.15, 0.2) is 5.82 Å². The number of nitrogens with one attached hydrogen (secondary N) is 1. The summed E-state index contributed by atoms with van der Waals surface area (Å²) in [5.74, 6) is 0.0876. The molecule has 1 N–H and O–H groups in total. The number of hydrogen-bond acceptors (Lipinski definition) is 2. The second-order valence-corrected chi connectivity index (χ2v) is 2.86. The second-order valence-electron chi connectivity index (χ2n) is 2.86. The SMILES string of the molecule is COc1ncc(F)c2[nH]c(C)cc12. The van der Waals surface area contributed by atoms with E-state index in [1.165, 1.54) is 7.11 Å². The Kier molecular flexibility index (Phi) is 1.69. The second kappa shape index (κ2) is 2.73. The molecule has 0 saturated heterocycles. The molecule has 0 aromatic carbocycles. The van der Waals surface area contributed by atoms with Crippen LogP contribution < -0.4 is 4.74 Å². The topological polar surface area (TPSA) is 37.9 Å². The van der Waals surface area contributed by atoms with Gasteiger partial charge < -0.3 is 9.72 Å². The van der Waals surface area contributed by atoms with Crippen molar-refractivity contribution < 1.29 is 9.13 Å². The van der Waals surface area contributed by atoms with Crippen LogP contribution in [0, 0.1) is 12.7 Å². The van der Waals surface area contributed by atoms with Gasteiger partial charge in [0.05, 0.1) is 24.2 Å². The summed E-state index contributed by atoms with van der Waals surface area (Å²) in [6.45, 7) is 1.86. The number of H-pyrrole nitrogens is 1. The van der Waals surface area contributed by atoms with Crippen LogP contribution in [0.1, 0.15) is 5.69 Å². The van der Waals surface area contributed by atoms with Gasteiger partial charge in [0.2, 0.25) is 5.88 Å². The van der Waals surface area contributed by atoms with Gasteiger partial charge in [-0.25, -0.2) is 9.37 Å². The summed E-state index contributed by atoms with van der Waals surface area (Å²) >= 11 is 0. The van der Waals surface area contributed by atoms with Crippen LogP contribution in [0.4, 0.5) is 4.39 Å². The number of rotatable bonds is 1. The van der Waals surface area contributed by atoms with Crippen molar-refractivity contribution in [2.24, 2.45) is 0 Å². The maximum absolute atomic E-state index is 13.2. The summed E-state index contributed by atoms with van der Waals surface area (Å²) in [5, 5.41) is 0.681. The van der Waals surface area contributed by atoms with E-state index in [4.69, 9.17) is 4.74 Å². The Morgan fingerprint density at radius 1 is 1.54 bits per heavy atom. The van der Waals surface area contributed by atoms with Crippen LogP contribution in [0.5, 0.6) is 5.88 Å². The molecule has 0 amide bonds. The number of halogens is 1. The number of aromatic amines is 1. The first kappa shape index (κ1) is 8.04. The van der Waals surface area contributed by atoms with Crippen LogP contribution in [0.2, 0.25) is 0 Å². The smallest absolute Gasteiger partial charge is 0.222 e. The van der Waals surface area contributed by atoms with Crippen molar-refractivity contribution in [2.45, 2.75) is 6.92 Å². The molecule has 2 aromatic heterocycles. The average Bonchev–Trinajstić information content (AvgIpc) is 2.48. The molecular formula is C9H9FN2O. The standard InChI is InChI=1S/C9H9FN2O/c1-5-3-6-8(12-5)7(10)4-11-9(6)13-2/h3-4,12H,1-2H3. The minimum absolute atomic E-state index is 0.357. The number of pyridine rings is 1. The highest BCUT2D eigenvalue weighted by Gasteiger charge is 2.09. The highest BCUT2D eigenvalue weighted by atomic mass is 19.1. The first-order valence-electron chi connectivity index (χ1n) is 3.90. The van der Waals surface area contributed by atoms with Crippen LogP contribution in [0.15, 0.2) is 12.3 Å². The summed E-state index contributed by atoms with van der Waals surface area (Å²) in [4.78, 5) is 6.73. The monoisotopic (exact) mass is 180 g/mol. The molecule has 2 heterocycles. The Balaban J connectivity index is 2.83. The Hall–Kier alpha value is -1.58. The molecule has 0 radical (unpaired) electrons. The average molecular weight is 180 g/mol. The Morgan fingerprint density at radius 3 is 3.00 bits per heavy atom. The summed E-state index contributed by atoms with van der Waals surface area (Å²) in [6.07, 6.45) is 1.15. The van der Waals surface area contributed by atoms with E-state index in [1.54, 1.807) is 0 Å². The van der Waals surface area contributed by atoms with Crippen molar-refractivity contribution in [3.8, 4) is 5.88 Å². The molecule has 2 aromatic rings. The Morgan fingerprint density at radius 2 is 2.31 bits per heavy atom. The van der Waals surface area contributed by atoms with Crippen molar-refractivity contribution in [2.75, 3.05) is 7.11 Å². The van der Waals surface area contributed by atoms with Gasteiger partial charge in [-0.1, -0.05) is 0 Å². The van der Waals surface area contributed by atoms with E-state index >= 15 is 0 Å². The third-order valence-corrected chi connectivity index (χ3v) is 1.91. The largest absolute Gasteiger partial charge is 0.481 e. The minimum Gasteiger partial charge on any atom is -0.481 e. The zero-order valence-electron chi connectivity index (χ0n) is 7.39. The number of fused-ring (bicyclic) bond motifs is 1. The lowest BCUT2D eigenvalue weighted by Gasteiger charge is -1.99. The lowest BCUT2D eigenvalue weighted by molar-refractivity contribution is 0.402. The number of ether oxygens (including phenoxy) is 1. The quantitative estimate of drug-likeness (QED) is 0.729.